The average Bonchev–Trinajstić information content (AvgIpc) is 3.20. The Bertz CT molecular complexity index is 921. The van der Waals surface area contributed by atoms with Crippen LogP contribution in [0.15, 0.2) is 29.3 Å². The Balaban J connectivity index is 2.24. The smallest absolute Gasteiger partial charge is 0.336 e. The molecule has 2 aromatic rings. The van der Waals surface area contributed by atoms with Crippen molar-refractivity contribution in [3.05, 3.63) is 41.2 Å². The standard InChI is InChI=1S/C19H26FN7O3/c1-19(2,3)27-25-16(24-26-27)14(9-6-10-22-15(21)11-20)23-17(28)12-7-4-5-8-13(12)18(29)30/h4-5,7-8,14H,6,9-11H2,1-3H3,(H2,21,22)(H,23,28)(H,29,30)/t14-/m0/s1. The summed E-state index contributed by atoms with van der Waals surface area (Å²) >= 11 is 0. The first-order valence-corrected chi connectivity index (χ1v) is 9.41. The van der Waals surface area contributed by atoms with E-state index in [0.717, 1.165) is 0 Å². The van der Waals surface area contributed by atoms with E-state index < -0.39 is 30.1 Å². The summed E-state index contributed by atoms with van der Waals surface area (Å²) in [6.45, 7) is 5.16. The zero-order valence-corrected chi connectivity index (χ0v) is 17.2. The monoisotopic (exact) mass is 419 g/mol. The van der Waals surface area contributed by atoms with Gasteiger partial charge >= 0.3 is 5.97 Å². The van der Waals surface area contributed by atoms with Gasteiger partial charge in [-0.15, -0.1) is 10.2 Å². The number of hydrogen-bond acceptors (Lipinski definition) is 6. The lowest BCUT2D eigenvalue weighted by Crippen LogP contribution is -2.31. The molecule has 0 saturated heterocycles. The van der Waals surface area contributed by atoms with E-state index in [1.807, 2.05) is 20.8 Å². The second-order valence-electron chi connectivity index (χ2n) is 7.63. The SMILES string of the molecule is CC(C)(C)n1nnc([C@H](CCCN=C(N)CF)NC(=O)c2ccccc2C(=O)O)n1. The molecular weight excluding hydrogens is 393 g/mol. The van der Waals surface area contributed by atoms with Crippen LogP contribution in [0.4, 0.5) is 4.39 Å². The fraction of sp³-hybridized carbons (Fsp3) is 0.474. The summed E-state index contributed by atoms with van der Waals surface area (Å²) in [4.78, 5) is 29.5. The second kappa shape index (κ2) is 9.90. The summed E-state index contributed by atoms with van der Waals surface area (Å²) in [5, 5.41) is 24.6. The van der Waals surface area contributed by atoms with E-state index in [0.29, 0.717) is 12.8 Å². The number of carboxylic acids is 1. The van der Waals surface area contributed by atoms with Gasteiger partial charge in [-0.05, 0) is 51.0 Å². The van der Waals surface area contributed by atoms with Crippen LogP contribution in [0.25, 0.3) is 0 Å². The third-order valence-corrected chi connectivity index (χ3v) is 4.15. The number of nitrogens with one attached hydrogen (secondary N) is 1. The number of hydrogen-bond donors (Lipinski definition) is 3. The summed E-state index contributed by atoms with van der Waals surface area (Å²) in [5.41, 5.74) is 4.87. The first-order valence-electron chi connectivity index (χ1n) is 9.41. The van der Waals surface area contributed by atoms with Gasteiger partial charge in [-0.2, -0.15) is 4.80 Å². The lowest BCUT2D eigenvalue weighted by Gasteiger charge is -2.17. The van der Waals surface area contributed by atoms with Gasteiger partial charge in [0.25, 0.3) is 5.91 Å². The predicted molar refractivity (Wildman–Crippen MR) is 108 cm³/mol. The molecule has 11 heteroatoms. The molecule has 1 aromatic heterocycles. The number of amidine groups is 1. The first-order chi connectivity index (χ1) is 14.1. The molecule has 2 rings (SSSR count). The van der Waals surface area contributed by atoms with E-state index in [1.165, 1.54) is 16.9 Å². The minimum Gasteiger partial charge on any atom is -0.478 e. The van der Waals surface area contributed by atoms with E-state index in [-0.39, 0.29) is 29.3 Å². The molecule has 0 aliphatic carbocycles. The summed E-state index contributed by atoms with van der Waals surface area (Å²) < 4.78 is 12.4. The maximum absolute atomic E-state index is 12.8. The van der Waals surface area contributed by atoms with Crippen LogP contribution in [-0.4, -0.2) is 56.2 Å². The molecule has 0 bridgehead atoms. The van der Waals surface area contributed by atoms with Gasteiger partial charge < -0.3 is 16.2 Å². The molecule has 30 heavy (non-hydrogen) atoms. The minimum atomic E-state index is -1.20. The topological polar surface area (TPSA) is 148 Å². The van der Waals surface area contributed by atoms with Crippen LogP contribution in [0.2, 0.25) is 0 Å². The van der Waals surface area contributed by atoms with Crippen LogP contribution in [0.1, 0.15) is 66.2 Å². The number of nitrogens with zero attached hydrogens (tertiary/aromatic N) is 5. The van der Waals surface area contributed by atoms with Gasteiger partial charge in [0.15, 0.2) is 5.82 Å². The lowest BCUT2D eigenvalue weighted by atomic mass is 10.1. The lowest BCUT2D eigenvalue weighted by molar-refractivity contribution is 0.0690. The molecule has 0 spiro atoms. The molecule has 162 valence electrons. The van der Waals surface area contributed by atoms with E-state index in [1.54, 1.807) is 12.1 Å². The van der Waals surface area contributed by atoms with Gasteiger partial charge in [0, 0.05) is 6.54 Å². The van der Waals surface area contributed by atoms with Crippen LogP contribution in [-0.2, 0) is 5.54 Å². The van der Waals surface area contributed by atoms with Crippen molar-refractivity contribution in [3.8, 4) is 0 Å². The predicted octanol–water partition coefficient (Wildman–Crippen LogP) is 1.70. The number of tetrazole rings is 1. The normalized spacial score (nSPS) is 13.1. The van der Waals surface area contributed by atoms with Crippen LogP contribution in [0.5, 0.6) is 0 Å². The van der Waals surface area contributed by atoms with Crippen LogP contribution in [0, 0.1) is 0 Å². The number of nitrogens with two attached hydrogens (primary N) is 1. The van der Waals surface area contributed by atoms with E-state index in [2.05, 4.69) is 25.7 Å². The number of rotatable bonds is 9. The number of aromatic carboxylic acids is 1. The molecule has 0 aliphatic heterocycles. The molecule has 1 amide bonds. The average molecular weight is 419 g/mol. The van der Waals surface area contributed by atoms with Gasteiger partial charge in [-0.25, -0.2) is 9.18 Å². The largest absolute Gasteiger partial charge is 0.478 e. The molecule has 0 unspecified atom stereocenters. The number of benzene rings is 1. The number of carbonyl (C=O) groups excluding carboxylic acids is 1. The highest BCUT2D eigenvalue weighted by Crippen LogP contribution is 2.18. The Kier molecular flexibility index (Phi) is 7.56. The fourth-order valence-electron chi connectivity index (χ4n) is 2.58. The van der Waals surface area contributed by atoms with Gasteiger partial charge in [0.1, 0.15) is 12.5 Å². The van der Waals surface area contributed by atoms with Gasteiger partial charge in [0.05, 0.1) is 22.7 Å². The minimum absolute atomic E-state index is 0.0258. The molecule has 1 aromatic carbocycles. The van der Waals surface area contributed by atoms with Crippen molar-refractivity contribution in [2.45, 2.75) is 45.2 Å². The molecule has 0 saturated carbocycles. The van der Waals surface area contributed by atoms with Crippen molar-refractivity contribution in [1.82, 2.24) is 25.5 Å². The highest BCUT2D eigenvalue weighted by atomic mass is 19.1. The Morgan fingerprint density at radius 3 is 2.53 bits per heavy atom. The number of carbonyl (C=O) groups is 2. The van der Waals surface area contributed by atoms with Crippen LogP contribution < -0.4 is 11.1 Å². The Hall–Kier alpha value is -3.37. The molecule has 0 fully saturated rings. The Labute approximate surface area is 173 Å². The molecular formula is C19H26FN7O3. The second-order valence-corrected chi connectivity index (χ2v) is 7.63. The molecule has 1 heterocycles. The molecule has 4 N–H and O–H groups in total. The third-order valence-electron chi connectivity index (χ3n) is 4.15. The molecule has 10 nitrogen and oxygen atoms in total. The van der Waals surface area contributed by atoms with Crippen LogP contribution >= 0.6 is 0 Å². The van der Waals surface area contributed by atoms with Crippen molar-refractivity contribution in [1.29, 1.82) is 0 Å². The number of aromatic nitrogens is 4. The molecule has 1 atom stereocenters. The quantitative estimate of drug-likeness (QED) is 0.318. The van der Waals surface area contributed by atoms with E-state index in [9.17, 15) is 19.1 Å². The van der Waals surface area contributed by atoms with Crippen molar-refractivity contribution in [3.63, 3.8) is 0 Å². The highest BCUT2D eigenvalue weighted by molar-refractivity contribution is 6.04. The zero-order chi connectivity index (χ0) is 22.3. The van der Waals surface area contributed by atoms with E-state index >= 15 is 0 Å². The maximum Gasteiger partial charge on any atom is 0.336 e. The Morgan fingerprint density at radius 1 is 1.30 bits per heavy atom. The Morgan fingerprint density at radius 2 is 1.97 bits per heavy atom. The van der Waals surface area contributed by atoms with Crippen molar-refractivity contribution < 1.29 is 19.1 Å². The first kappa shape index (κ1) is 22.9. The van der Waals surface area contributed by atoms with Crippen molar-refractivity contribution in [2.75, 3.05) is 13.2 Å². The summed E-state index contributed by atoms with van der Waals surface area (Å²) in [5.74, 6) is -1.58. The highest BCUT2D eigenvalue weighted by Gasteiger charge is 2.25. The number of halogens is 1. The molecule has 0 aliphatic rings. The zero-order valence-electron chi connectivity index (χ0n) is 17.2. The summed E-state index contributed by atoms with van der Waals surface area (Å²) in [7, 11) is 0. The maximum atomic E-state index is 12.8. The van der Waals surface area contributed by atoms with Gasteiger partial charge in [-0.1, -0.05) is 12.1 Å². The molecule has 0 radical (unpaired) electrons. The fourth-order valence-corrected chi connectivity index (χ4v) is 2.58. The number of aliphatic imine (C=N–C) groups is 1. The third kappa shape index (κ3) is 6.06. The van der Waals surface area contributed by atoms with Crippen molar-refractivity contribution >= 4 is 17.7 Å². The van der Waals surface area contributed by atoms with E-state index in [4.69, 9.17) is 5.73 Å². The number of amides is 1. The summed E-state index contributed by atoms with van der Waals surface area (Å²) in [6.07, 6.45) is 0.843. The van der Waals surface area contributed by atoms with Gasteiger partial charge in [0.2, 0.25) is 0 Å². The van der Waals surface area contributed by atoms with Crippen LogP contribution in [0.3, 0.4) is 0 Å². The van der Waals surface area contributed by atoms with Crippen molar-refractivity contribution in [2.24, 2.45) is 10.7 Å². The summed E-state index contributed by atoms with van der Waals surface area (Å²) in [6, 6.07) is 5.27. The van der Waals surface area contributed by atoms with Gasteiger partial charge in [-0.3, -0.25) is 9.79 Å². The number of alkyl halides is 1. The number of carboxylic acid groups (broad SMARTS) is 1.